The molecule has 4 aromatic rings. The maximum atomic E-state index is 13.4. The van der Waals surface area contributed by atoms with Crippen LogP contribution in [0.3, 0.4) is 0 Å². The average molecular weight is 399 g/mol. The van der Waals surface area contributed by atoms with Gasteiger partial charge in [-0.1, -0.05) is 50.3 Å². The van der Waals surface area contributed by atoms with E-state index in [1.807, 2.05) is 41.8 Å². The van der Waals surface area contributed by atoms with Crippen molar-refractivity contribution in [3.63, 3.8) is 0 Å². The Morgan fingerprint density at radius 2 is 1.83 bits per heavy atom. The minimum atomic E-state index is -0.174. The number of allylic oxidation sites excluding steroid dienone is 1. The van der Waals surface area contributed by atoms with E-state index < -0.39 is 0 Å². The number of carbonyl (C=O) groups is 1. The number of carbonyl (C=O) groups excluding carboxylic acids is 1. The predicted octanol–water partition coefficient (Wildman–Crippen LogP) is 6.37. The number of amides is 1. The summed E-state index contributed by atoms with van der Waals surface area (Å²) in [6, 6.07) is 17.2. The average Bonchev–Trinajstić information content (AvgIpc) is 3.00. The van der Waals surface area contributed by atoms with Gasteiger partial charge in [0.15, 0.2) is 0 Å². The molecule has 0 aliphatic carbocycles. The predicted molar refractivity (Wildman–Crippen MR) is 125 cm³/mol. The molecule has 0 unspecified atom stereocenters. The second kappa shape index (κ2) is 7.71. The van der Waals surface area contributed by atoms with Gasteiger partial charge in [-0.2, -0.15) is 0 Å². The van der Waals surface area contributed by atoms with E-state index >= 15 is 0 Å². The van der Waals surface area contributed by atoms with Crippen molar-refractivity contribution in [2.75, 3.05) is 5.32 Å². The SMILES string of the molecule is C=CCn1c(C(=O)Nc2cccc3c(O)cccc23)c(C)c2cc(C(C)C)ccc21. The molecule has 2 N–H and O–H groups in total. The molecule has 0 bridgehead atoms. The number of rotatable bonds is 5. The summed E-state index contributed by atoms with van der Waals surface area (Å²) in [5, 5.41) is 15.8. The summed E-state index contributed by atoms with van der Waals surface area (Å²) in [5.41, 5.74) is 4.53. The van der Waals surface area contributed by atoms with Gasteiger partial charge in [0.25, 0.3) is 5.91 Å². The van der Waals surface area contributed by atoms with Gasteiger partial charge in [0.2, 0.25) is 0 Å². The Hall–Kier alpha value is -3.53. The second-order valence-corrected chi connectivity index (χ2v) is 7.94. The van der Waals surface area contributed by atoms with Crippen molar-refractivity contribution in [1.29, 1.82) is 0 Å². The topological polar surface area (TPSA) is 54.3 Å². The van der Waals surface area contributed by atoms with Gasteiger partial charge in [0.05, 0.1) is 0 Å². The zero-order valence-electron chi connectivity index (χ0n) is 17.6. The van der Waals surface area contributed by atoms with Crippen molar-refractivity contribution in [2.24, 2.45) is 0 Å². The molecule has 0 aliphatic rings. The van der Waals surface area contributed by atoms with Crippen LogP contribution in [0.5, 0.6) is 5.75 Å². The molecular weight excluding hydrogens is 372 g/mol. The van der Waals surface area contributed by atoms with E-state index in [0.29, 0.717) is 29.2 Å². The molecule has 4 heteroatoms. The molecule has 0 saturated heterocycles. The number of hydrogen-bond donors (Lipinski definition) is 2. The Kier molecular flexibility index (Phi) is 5.08. The standard InChI is InChI=1S/C26H26N2O2/c1-5-14-28-23-13-12-18(16(2)3)15-21(23)17(4)25(28)26(30)27-22-10-6-9-20-19(22)8-7-11-24(20)29/h5-13,15-16,29H,1,14H2,2-4H3,(H,27,30). The highest BCUT2D eigenvalue weighted by molar-refractivity contribution is 6.12. The summed E-state index contributed by atoms with van der Waals surface area (Å²) in [6.45, 7) is 10.7. The maximum absolute atomic E-state index is 13.4. The molecule has 3 aromatic carbocycles. The summed E-state index contributed by atoms with van der Waals surface area (Å²) >= 11 is 0. The van der Waals surface area contributed by atoms with Gasteiger partial charge in [-0.3, -0.25) is 4.79 Å². The van der Waals surface area contributed by atoms with Crippen LogP contribution in [0.25, 0.3) is 21.7 Å². The van der Waals surface area contributed by atoms with Gasteiger partial charge >= 0.3 is 0 Å². The Labute approximate surface area is 176 Å². The Morgan fingerprint density at radius 3 is 2.57 bits per heavy atom. The maximum Gasteiger partial charge on any atom is 0.272 e. The van der Waals surface area contributed by atoms with E-state index in [9.17, 15) is 9.90 Å². The Balaban J connectivity index is 1.84. The van der Waals surface area contributed by atoms with Crippen LogP contribution in [-0.2, 0) is 6.54 Å². The van der Waals surface area contributed by atoms with Gasteiger partial charge in [-0.25, -0.2) is 0 Å². The van der Waals surface area contributed by atoms with Gasteiger partial charge < -0.3 is 15.0 Å². The summed E-state index contributed by atoms with van der Waals surface area (Å²) in [7, 11) is 0. The number of nitrogens with zero attached hydrogens (tertiary/aromatic N) is 1. The van der Waals surface area contributed by atoms with Crippen molar-refractivity contribution in [3.05, 3.63) is 84.1 Å². The first-order valence-corrected chi connectivity index (χ1v) is 10.2. The normalized spacial score (nSPS) is 11.3. The molecule has 4 rings (SSSR count). The number of aromatic nitrogens is 1. The van der Waals surface area contributed by atoms with Crippen LogP contribution in [-0.4, -0.2) is 15.6 Å². The zero-order chi connectivity index (χ0) is 21.4. The molecule has 0 saturated carbocycles. The van der Waals surface area contributed by atoms with E-state index in [-0.39, 0.29) is 11.7 Å². The number of benzene rings is 3. The number of aromatic hydroxyl groups is 1. The molecule has 1 aromatic heterocycles. The number of aryl methyl sites for hydroxylation is 1. The van der Waals surface area contributed by atoms with Gasteiger partial charge in [-0.05, 0) is 48.2 Å². The third-order valence-electron chi connectivity index (χ3n) is 5.68. The minimum absolute atomic E-state index is 0.174. The number of anilines is 1. The molecule has 4 nitrogen and oxygen atoms in total. The molecule has 1 amide bonds. The first kappa shape index (κ1) is 19.8. The van der Waals surface area contributed by atoms with Crippen molar-refractivity contribution in [1.82, 2.24) is 4.57 Å². The Bertz CT molecular complexity index is 1280. The molecule has 152 valence electrons. The number of hydrogen-bond acceptors (Lipinski definition) is 2. The van der Waals surface area contributed by atoms with Crippen LogP contribution in [0, 0.1) is 6.92 Å². The molecule has 0 fully saturated rings. The van der Waals surface area contributed by atoms with Crippen LogP contribution in [0.2, 0.25) is 0 Å². The lowest BCUT2D eigenvalue weighted by Gasteiger charge is -2.12. The van der Waals surface area contributed by atoms with Crippen molar-refractivity contribution < 1.29 is 9.90 Å². The molecule has 0 radical (unpaired) electrons. The number of phenolic OH excluding ortho intramolecular Hbond substituents is 1. The third-order valence-corrected chi connectivity index (χ3v) is 5.68. The van der Waals surface area contributed by atoms with Crippen LogP contribution in [0.4, 0.5) is 5.69 Å². The van der Waals surface area contributed by atoms with Gasteiger partial charge in [0.1, 0.15) is 11.4 Å². The quantitative estimate of drug-likeness (QED) is 0.384. The van der Waals surface area contributed by atoms with E-state index in [2.05, 4.69) is 43.9 Å². The lowest BCUT2D eigenvalue weighted by molar-refractivity contribution is 0.101. The van der Waals surface area contributed by atoms with Crippen LogP contribution < -0.4 is 5.32 Å². The lowest BCUT2D eigenvalue weighted by Crippen LogP contribution is -2.18. The highest BCUT2D eigenvalue weighted by Gasteiger charge is 2.21. The van der Waals surface area contributed by atoms with Gasteiger partial charge in [-0.15, -0.1) is 6.58 Å². The van der Waals surface area contributed by atoms with Crippen molar-refractivity contribution >= 4 is 33.3 Å². The molecular formula is C26H26N2O2. The zero-order valence-corrected chi connectivity index (χ0v) is 17.6. The van der Waals surface area contributed by atoms with Crippen LogP contribution >= 0.6 is 0 Å². The van der Waals surface area contributed by atoms with Crippen LogP contribution in [0.15, 0.2) is 67.3 Å². The Morgan fingerprint density at radius 1 is 1.10 bits per heavy atom. The monoisotopic (exact) mass is 398 g/mol. The van der Waals surface area contributed by atoms with Gasteiger partial charge in [0, 0.05) is 33.9 Å². The van der Waals surface area contributed by atoms with E-state index in [1.165, 1.54) is 5.56 Å². The number of phenols is 1. The first-order chi connectivity index (χ1) is 14.4. The second-order valence-electron chi connectivity index (χ2n) is 7.94. The molecule has 0 atom stereocenters. The summed E-state index contributed by atoms with van der Waals surface area (Å²) in [5.74, 6) is 0.437. The fraction of sp³-hybridized carbons (Fsp3) is 0.192. The molecule has 1 heterocycles. The highest BCUT2D eigenvalue weighted by Crippen LogP contribution is 2.32. The summed E-state index contributed by atoms with van der Waals surface area (Å²) < 4.78 is 2.01. The van der Waals surface area contributed by atoms with Crippen LogP contribution in [0.1, 0.15) is 41.4 Å². The van der Waals surface area contributed by atoms with E-state index in [1.54, 1.807) is 12.1 Å². The van der Waals surface area contributed by atoms with E-state index in [0.717, 1.165) is 21.9 Å². The minimum Gasteiger partial charge on any atom is -0.507 e. The summed E-state index contributed by atoms with van der Waals surface area (Å²) in [4.78, 5) is 13.4. The lowest BCUT2D eigenvalue weighted by atomic mass is 10.0. The first-order valence-electron chi connectivity index (χ1n) is 10.2. The number of nitrogens with one attached hydrogen (secondary N) is 1. The smallest absolute Gasteiger partial charge is 0.272 e. The molecule has 0 aliphatic heterocycles. The van der Waals surface area contributed by atoms with Crippen molar-refractivity contribution in [2.45, 2.75) is 33.2 Å². The molecule has 0 spiro atoms. The van der Waals surface area contributed by atoms with Crippen molar-refractivity contribution in [3.8, 4) is 5.75 Å². The molecule has 30 heavy (non-hydrogen) atoms. The largest absolute Gasteiger partial charge is 0.507 e. The fourth-order valence-electron chi connectivity index (χ4n) is 4.09. The third kappa shape index (κ3) is 3.24. The number of fused-ring (bicyclic) bond motifs is 2. The highest BCUT2D eigenvalue weighted by atomic mass is 16.3. The van der Waals surface area contributed by atoms with E-state index in [4.69, 9.17) is 0 Å². The summed E-state index contributed by atoms with van der Waals surface area (Å²) in [6.07, 6.45) is 1.81. The fourth-order valence-corrected chi connectivity index (χ4v) is 4.09.